The van der Waals surface area contributed by atoms with Crippen LogP contribution in [0.4, 0.5) is 0 Å². The van der Waals surface area contributed by atoms with Crippen LogP contribution in [0.15, 0.2) is 18.3 Å². The van der Waals surface area contributed by atoms with Gasteiger partial charge in [-0.1, -0.05) is 125 Å². The molecule has 0 spiro atoms. The van der Waals surface area contributed by atoms with E-state index < -0.39 is 0 Å². The van der Waals surface area contributed by atoms with Crippen LogP contribution in [0.1, 0.15) is 160 Å². The summed E-state index contributed by atoms with van der Waals surface area (Å²) in [6.07, 6.45) is 25.3. The zero-order valence-electron chi connectivity index (χ0n) is 21.4. The SMILES string of the molecule is CCCCCCCCCCCCCCCCCC[n+]1cccc(C(C)C)c1C(C)C. The van der Waals surface area contributed by atoms with E-state index in [1.165, 1.54) is 115 Å². The van der Waals surface area contributed by atoms with Gasteiger partial charge in [-0.3, -0.25) is 0 Å². The molecule has 0 aliphatic carbocycles. The number of unbranched alkanes of at least 4 members (excludes halogenated alkanes) is 15. The lowest BCUT2D eigenvalue weighted by Gasteiger charge is -2.14. The van der Waals surface area contributed by atoms with Crippen molar-refractivity contribution in [1.82, 2.24) is 0 Å². The molecular formula is C29H54N+. The highest BCUT2D eigenvalue weighted by Gasteiger charge is 2.20. The van der Waals surface area contributed by atoms with E-state index in [0.717, 1.165) is 0 Å². The first-order valence-corrected chi connectivity index (χ1v) is 13.6. The molecular weight excluding hydrogens is 362 g/mol. The molecule has 0 saturated heterocycles. The lowest BCUT2D eigenvalue weighted by atomic mass is 9.95. The van der Waals surface area contributed by atoms with Gasteiger partial charge in [-0.05, 0) is 18.4 Å². The molecule has 0 fully saturated rings. The topological polar surface area (TPSA) is 3.88 Å². The molecule has 174 valence electrons. The summed E-state index contributed by atoms with van der Waals surface area (Å²) >= 11 is 0. The van der Waals surface area contributed by atoms with Gasteiger partial charge in [0, 0.05) is 24.0 Å². The predicted molar refractivity (Wildman–Crippen MR) is 134 cm³/mol. The fraction of sp³-hybridized carbons (Fsp3) is 0.828. The maximum absolute atomic E-state index is 2.53. The van der Waals surface area contributed by atoms with Crippen LogP contribution in [0.2, 0.25) is 0 Å². The van der Waals surface area contributed by atoms with Gasteiger partial charge in [-0.15, -0.1) is 0 Å². The van der Waals surface area contributed by atoms with Crippen LogP contribution in [0.25, 0.3) is 0 Å². The molecule has 0 bridgehead atoms. The van der Waals surface area contributed by atoms with Crippen LogP contribution < -0.4 is 4.57 Å². The van der Waals surface area contributed by atoms with Crippen molar-refractivity contribution in [1.29, 1.82) is 0 Å². The second-order valence-electron chi connectivity index (χ2n) is 10.2. The molecule has 1 heterocycles. The maximum atomic E-state index is 2.53. The number of aryl methyl sites for hydroxylation is 1. The van der Waals surface area contributed by atoms with Crippen LogP contribution in [0.3, 0.4) is 0 Å². The normalized spacial score (nSPS) is 11.7. The number of nitrogens with zero attached hydrogens (tertiary/aromatic N) is 1. The Labute approximate surface area is 190 Å². The van der Waals surface area contributed by atoms with Gasteiger partial charge in [0.1, 0.15) is 6.54 Å². The second kappa shape index (κ2) is 17.8. The monoisotopic (exact) mass is 416 g/mol. The van der Waals surface area contributed by atoms with Crippen molar-refractivity contribution in [2.75, 3.05) is 0 Å². The van der Waals surface area contributed by atoms with E-state index in [1.54, 1.807) is 5.69 Å². The Morgan fingerprint density at radius 2 is 1.03 bits per heavy atom. The summed E-state index contributed by atoms with van der Waals surface area (Å²) in [5.74, 6) is 1.21. The van der Waals surface area contributed by atoms with Crippen LogP contribution in [-0.4, -0.2) is 0 Å². The first-order valence-electron chi connectivity index (χ1n) is 13.6. The van der Waals surface area contributed by atoms with Crippen molar-refractivity contribution in [3.63, 3.8) is 0 Å². The molecule has 0 aliphatic heterocycles. The van der Waals surface area contributed by atoms with Gasteiger partial charge in [0.25, 0.3) is 0 Å². The molecule has 1 rings (SSSR count). The summed E-state index contributed by atoms with van der Waals surface area (Å²) in [6.45, 7) is 12.8. The van der Waals surface area contributed by atoms with E-state index in [-0.39, 0.29) is 0 Å². The fourth-order valence-electron chi connectivity index (χ4n) is 4.76. The van der Waals surface area contributed by atoms with Crippen molar-refractivity contribution in [3.05, 3.63) is 29.6 Å². The summed E-state index contributed by atoms with van der Waals surface area (Å²) in [6, 6.07) is 4.57. The molecule has 1 aromatic heterocycles. The lowest BCUT2D eigenvalue weighted by molar-refractivity contribution is -0.706. The van der Waals surface area contributed by atoms with E-state index in [2.05, 4.69) is 57.5 Å². The standard InChI is InChI=1S/C29H54N/c1-6-7-8-9-10-11-12-13-14-15-16-17-18-19-20-21-24-30-25-22-23-28(26(2)3)29(30)27(4)5/h22-23,25-27H,6-21,24H2,1-5H3/q+1. The van der Waals surface area contributed by atoms with Gasteiger partial charge in [-0.2, -0.15) is 0 Å². The van der Waals surface area contributed by atoms with Crippen LogP contribution in [0, 0.1) is 0 Å². The Kier molecular flexibility index (Phi) is 16.1. The van der Waals surface area contributed by atoms with Crippen molar-refractivity contribution in [3.8, 4) is 0 Å². The first-order chi connectivity index (χ1) is 14.6. The van der Waals surface area contributed by atoms with E-state index in [4.69, 9.17) is 0 Å². The fourth-order valence-corrected chi connectivity index (χ4v) is 4.76. The Bertz CT molecular complexity index is 517. The Morgan fingerprint density at radius 1 is 0.600 bits per heavy atom. The van der Waals surface area contributed by atoms with Gasteiger partial charge in [-0.25, -0.2) is 4.57 Å². The average molecular weight is 417 g/mol. The molecule has 0 aromatic carbocycles. The quantitative estimate of drug-likeness (QED) is 0.156. The minimum Gasteiger partial charge on any atom is -0.202 e. The van der Waals surface area contributed by atoms with E-state index in [9.17, 15) is 0 Å². The molecule has 0 aliphatic rings. The van der Waals surface area contributed by atoms with Crippen molar-refractivity contribution < 1.29 is 4.57 Å². The zero-order valence-corrected chi connectivity index (χ0v) is 21.4. The highest BCUT2D eigenvalue weighted by atomic mass is 15.0. The molecule has 0 unspecified atom stereocenters. The highest BCUT2D eigenvalue weighted by Crippen LogP contribution is 2.23. The van der Waals surface area contributed by atoms with Gasteiger partial charge in [0.15, 0.2) is 11.9 Å². The summed E-state index contributed by atoms with van der Waals surface area (Å²) in [5.41, 5.74) is 3.08. The molecule has 30 heavy (non-hydrogen) atoms. The number of rotatable bonds is 19. The van der Waals surface area contributed by atoms with Crippen LogP contribution >= 0.6 is 0 Å². The van der Waals surface area contributed by atoms with Gasteiger partial charge in [0.05, 0.1) is 0 Å². The molecule has 0 radical (unpaired) electrons. The zero-order chi connectivity index (χ0) is 22.0. The lowest BCUT2D eigenvalue weighted by Crippen LogP contribution is -2.40. The summed E-state index contributed by atoms with van der Waals surface area (Å²) in [5, 5.41) is 0. The maximum Gasteiger partial charge on any atom is 0.187 e. The van der Waals surface area contributed by atoms with Crippen molar-refractivity contribution in [2.24, 2.45) is 0 Å². The Balaban J connectivity index is 2.01. The number of hydrogen-bond donors (Lipinski definition) is 0. The van der Waals surface area contributed by atoms with E-state index >= 15 is 0 Å². The third-order valence-electron chi connectivity index (χ3n) is 6.57. The largest absolute Gasteiger partial charge is 0.202 e. The average Bonchev–Trinajstić information content (AvgIpc) is 2.73. The van der Waals surface area contributed by atoms with Crippen molar-refractivity contribution in [2.45, 2.75) is 156 Å². The third-order valence-corrected chi connectivity index (χ3v) is 6.57. The molecule has 0 saturated carbocycles. The molecule has 0 atom stereocenters. The van der Waals surface area contributed by atoms with Gasteiger partial charge >= 0.3 is 0 Å². The number of aromatic nitrogens is 1. The smallest absolute Gasteiger partial charge is 0.187 e. The summed E-state index contributed by atoms with van der Waals surface area (Å²) in [7, 11) is 0. The van der Waals surface area contributed by atoms with Crippen LogP contribution in [-0.2, 0) is 6.54 Å². The Hall–Kier alpha value is -0.850. The predicted octanol–water partition coefficient (Wildman–Crippen LogP) is 9.48. The van der Waals surface area contributed by atoms with Crippen LogP contribution in [0.5, 0.6) is 0 Å². The third kappa shape index (κ3) is 12.1. The molecule has 1 nitrogen and oxygen atoms in total. The van der Waals surface area contributed by atoms with Gasteiger partial charge in [0.2, 0.25) is 0 Å². The molecule has 1 aromatic rings. The van der Waals surface area contributed by atoms with E-state index in [1.807, 2.05) is 0 Å². The van der Waals surface area contributed by atoms with E-state index in [0.29, 0.717) is 11.8 Å². The minimum absolute atomic E-state index is 0.602. The first kappa shape index (κ1) is 27.2. The Morgan fingerprint density at radius 3 is 1.43 bits per heavy atom. The second-order valence-corrected chi connectivity index (χ2v) is 10.2. The summed E-state index contributed by atoms with van der Waals surface area (Å²) < 4.78 is 2.53. The summed E-state index contributed by atoms with van der Waals surface area (Å²) in [4.78, 5) is 0. The van der Waals surface area contributed by atoms with Crippen molar-refractivity contribution >= 4 is 0 Å². The molecule has 0 amide bonds. The molecule has 1 heteroatoms. The minimum atomic E-state index is 0.602. The number of pyridine rings is 1. The highest BCUT2D eigenvalue weighted by molar-refractivity contribution is 5.21. The number of hydrogen-bond acceptors (Lipinski definition) is 0. The molecule has 0 N–H and O–H groups in total. The van der Waals surface area contributed by atoms with Gasteiger partial charge < -0.3 is 0 Å².